The van der Waals surface area contributed by atoms with E-state index < -0.39 is 73.0 Å². The molecule has 0 saturated heterocycles. The third-order valence-corrected chi connectivity index (χ3v) is 14.8. The third kappa shape index (κ3) is 18.1. The van der Waals surface area contributed by atoms with Crippen molar-refractivity contribution in [3.63, 3.8) is 0 Å². The Morgan fingerprint density at radius 3 is 1.51 bits per heavy atom. The summed E-state index contributed by atoms with van der Waals surface area (Å²) in [5.41, 5.74) is -0.0173. The maximum atomic E-state index is 13.2. The smallest absolute Gasteiger partial charge is 0.416 e. The predicted octanol–water partition coefficient (Wildman–Crippen LogP) is 15.2. The zero-order valence-electron chi connectivity index (χ0n) is 41.4. The number of hydrogen-bond acceptors (Lipinski definition) is 9. The second-order valence-electron chi connectivity index (χ2n) is 16.5. The third-order valence-electron chi connectivity index (χ3n) is 10.5. The molecule has 0 radical (unpaired) electrons. The fourth-order valence-electron chi connectivity index (χ4n) is 6.72. The molecular weight excluding hydrogens is 1200 g/mol. The number of anilines is 8. The number of carbonyl (C=O) groups is 3. The molecule has 0 saturated carbocycles. The van der Waals surface area contributed by atoms with Crippen molar-refractivity contribution < 1.29 is 58.3 Å². The van der Waals surface area contributed by atoms with Crippen LogP contribution in [0.1, 0.15) is 16.7 Å². The summed E-state index contributed by atoms with van der Waals surface area (Å²) in [4.78, 5) is 36.2. The van der Waals surface area contributed by atoms with Crippen molar-refractivity contribution in [1.82, 2.24) is 0 Å². The average molecular weight is 1240 g/mol. The number of amides is 6. The summed E-state index contributed by atoms with van der Waals surface area (Å²) in [5, 5.41) is 33.7. The number of aromatic hydroxyl groups is 1. The highest BCUT2D eigenvalue weighted by atomic mass is 35.5. The largest absolute Gasteiger partial charge is 0.503 e. The van der Waals surface area contributed by atoms with Crippen molar-refractivity contribution in [2.75, 3.05) is 41.3 Å². The van der Waals surface area contributed by atoms with E-state index in [0.717, 1.165) is 18.2 Å². The molecule has 424 valence electrons. The first kappa shape index (κ1) is 62.4. The Bertz CT molecular complexity index is 3900. The van der Waals surface area contributed by atoms with E-state index in [2.05, 4.69) is 41.3 Å². The average Bonchev–Trinajstić information content (AvgIpc) is 3.60. The Kier molecular flexibility index (Phi) is 21.3. The highest BCUT2D eigenvalue weighted by molar-refractivity contribution is 7.92. The molecule has 82 heavy (non-hydrogen) atoms. The molecule has 0 bridgehead atoms. The second kappa shape index (κ2) is 28.0. The van der Waals surface area contributed by atoms with Crippen LogP contribution in [-0.4, -0.2) is 40.0 Å². The van der Waals surface area contributed by atoms with E-state index in [9.17, 15) is 58.3 Å². The molecule has 8 rings (SSSR count). The van der Waals surface area contributed by atoms with Crippen molar-refractivity contribution in [1.29, 1.82) is 5.26 Å². The predicted molar refractivity (Wildman–Crippen MR) is 308 cm³/mol. The lowest BCUT2D eigenvalue weighted by molar-refractivity contribution is -0.137. The molecule has 0 unspecified atom stereocenters. The Morgan fingerprint density at radius 1 is 0.512 bits per heavy atom. The highest BCUT2D eigenvalue weighted by Gasteiger charge is 2.32. The van der Waals surface area contributed by atoms with Gasteiger partial charge in [-0.2, -0.15) is 22.8 Å². The van der Waals surface area contributed by atoms with Crippen molar-refractivity contribution >= 4 is 130 Å². The van der Waals surface area contributed by atoms with Gasteiger partial charge in [-0.3, -0.25) is 9.44 Å². The number of nitrogens with zero attached hydrogens (tertiary/aromatic N) is 1. The SMILES string of the molecule is N#Cc1ccc(NC(=O)Nc2cccc(Cl)c2Cl)c(NS(=O)(=O)Cc2ccccc2)c1.O=C(Nc1ccc(C(F)(F)F)cc1NS(=O)(=O)c1ccccc1)Nc1cccc(Cl)c1Cl.O=C(Nc1ccccc1)Nc1ccc(F)c(F)c1O. The van der Waals surface area contributed by atoms with Gasteiger partial charge in [0, 0.05) is 5.69 Å². The molecule has 0 aliphatic heterocycles. The Morgan fingerprint density at radius 2 is 0.976 bits per heavy atom. The van der Waals surface area contributed by atoms with Crippen LogP contribution in [0.5, 0.6) is 5.75 Å². The molecule has 0 aliphatic rings. The van der Waals surface area contributed by atoms with Crippen molar-refractivity contribution in [2.45, 2.75) is 16.8 Å². The van der Waals surface area contributed by atoms with Crippen LogP contribution in [0.25, 0.3) is 0 Å². The van der Waals surface area contributed by atoms with E-state index in [1.54, 1.807) is 84.9 Å². The monoisotopic (exact) mass is 1240 g/mol. The first-order valence-electron chi connectivity index (χ1n) is 23.0. The van der Waals surface area contributed by atoms with Crippen LogP contribution >= 0.6 is 46.4 Å². The van der Waals surface area contributed by atoms with Crippen LogP contribution in [0.3, 0.4) is 0 Å². The molecule has 0 aromatic heterocycles. The minimum atomic E-state index is -4.73. The number of alkyl halides is 3. The quantitative estimate of drug-likeness (QED) is 0.0392. The van der Waals surface area contributed by atoms with Crippen LogP contribution < -0.4 is 41.3 Å². The number of rotatable bonds is 13. The lowest BCUT2D eigenvalue weighted by Gasteiger charge is -2.17. The van der Waals surface area contributed by atoms with Gasteiger partial charge in [0.1, 0.15) is 0 Å². The molecule has 8 aromatic rings. The number of hydrogen-bond donors (Lipinski definition) is 9. The van der Waals surface area contributed by atoms with Crippen LogP contribution in [0.15, 0.2) is 181 Å². The van der Waals surface area contributed by atoms with E-state index in [4.69, 9.17) is 51.7 Å². The molecule has 9 N–H and O–H groups in total. The topological polar surface area (TPSA) is 260 Å². The van der Waals surface area contributed by atoms with E-state index in [0.29, 0.717) is 23.4 Å². The molecule has 8 aromatic carbocycles. The number of nitriles is 1. The maximum Gasteiger partial charge on any atom is 0.416 e. The Hall–Kier alpha value is -8.83. The minimum Gasteiger partial charge on any atom is -0.503 e. The zero-order chi connectivity index (χ0) is 59.8. The van der Waals surface area contributed by atoms with Crippen molar-refractivity contribution in [2.24, 2.45) is 0 Å². The Labute approximate surface area is 485 Å². The van der Waals surface area contributed by atoms with E-state index in [-0.39, 0.29) is 70.4 Å². The number of nitrogens with one attached hydrogen (secondary N) is 8. The standard InChI is InChI=1S/C21H16Cl2N4O3S.C20H14Cl2F3N3O3S.C13H10F2N2O2/c22-16-7-4-8-18(20(16)23)26-21(28)25-17-10-9-15(12-24)11-19(17)27-31(29,30)13-14-5-2-1-3-6-14;21-14-7-4-8-16(18(14)22)27-19(29)26-15-10-9-12(20(23,24)25)11-17(15)28-32(30,31)13-5-2-1-3-6-13;14-9-6-7-10(12(18)11(9)15)17-13(19)16-8-4-2-1-3-5-8/h1-11,27H,13H2,(H2,25,26,28);1-11,28H,(H2,26,27,29);1-7,18H,(H2,16,17,19). The Balaban J connectivity index is 0.000000204. The van der Waals surface area contributed by atoms with E-state index in [1.165, 1.54) is 60.7 Å². The second-order valence-corrected chi connectivity index (χ2v) is 21.4. The van der Waals surface area contributed by atoms with Crippen LogP contribution in [-0.2, 0) is 32.0 Å². The van der Waals surface area contributed by atoms with Gasteiger partial charge in [-0.05, 0) is 103 Å². The number of benzene rings is 8. The van der Waals surface area contributed by atoms with Gasteiger partial charge in [-0.1, -0.05) is 125 Å². The summed E-state index contributed by atoms with van der Waals surface area (Å²) in [7, 11) is -8.04. The lowest BCUT2D eigenvalue weighted by Crippen LogP contribution is -2.22. The molecule has 0 fully saturated rings. The molecule has 0 heterocycles. The summed E-state index contributed by atoms with van der Waals surface area (Å²) in [6.45, 7) is 0. The van der Waals surface area contributed by atoms with Crippen molar-refractivity contribution in [3.8, 4) is 11.8 Å². The number of phenolic OH excluding ortho intramolecular Hbond substituents is 1. The van der Waals surface area contributed by atoms with Crippen LogP contribution in [0.2, 0.25) is 20.1 Å². The van der Waals surface area contributed by atoms with Gasteiger partial charge >= 0.3 is 24.3 Å². The van der Waals surface area contributed by atoms with Gasteiger partial charge in [0.25, 0.3) is 10.0 Å². The normalized spacial score (nSPS) is 10.9. The first-order valence-corrected chi connectivity index (χ1v) is 27.7. The fraction of sp³-hybridized carbons (Fsp3) is 0.0370. The number of halogens is 9. The zero-order valence-corrected chi connectivity index (χ0v) is 46.1. The highest BCUT2D eigenvalue weighted by Crippen LogP contribution is 2.37. The summed E-state index contributed by atoms with van der Waals surface area (Å²) < 4.78 is 120. The van der Waals surface area contributed by atoms with Gasteiger partial charge in [0.15, 0.2) is 11.6 Å². The van der Waals surface area contributed by atoms with Gasteiger partial charge in [-0.15, -0.1) is 0 Å². The molecule has 17 nitrogen and oxygen atoms in total. The number of urea groups is 3. The summed E-state index contributed by atoms with van der Waals surface area (Å²) in [6, 6.07) is 41.5. The molecule has 0 spiro atoms. The molecule has 0 aliphatic carbocycles. The lowest BCUT2D eigenvalue weighted by atomic mass is 10.1. The van der Waals surface area contributed by atoms with E-state index in [1.807, 2.05) is 6.07 Å². The molecular formula is C54H40Cl4F5N9O8S2. The van der Waals surface area contributed by atoms with E-state index >= 15 is 0 Å². The fourth-order valence-corrected chi connectivity index (χ4v) is 9.72. The summed E-state index contributed by atoms with van der Waals surface area (Å²) in [5.74, 6) is -3.80. The van der Waals surface area contributed by atoms with Crippen LogP contribution in [0.4, 0.5) is 81.8 Å². The van der Waals surface area contributed by atoms with Gasteiger partial charge < -0.3 is 37.0 Å². The molecule has 28 heteroatoms. The molecule has 6 amide bonds. The first-order chi connectivity index (χ1) is 38.8. The number of carbonyl (C=O) groups excluding carboxylic acids is 3. The minimum absolute atomic E-state index is 0.0572. The summed E-state index contributed by atoms with van der Waals surface area (Å²) in [6.07, 6.45) is -4.73. The molecule has 0 atom stereocenters. The summed E-state index contributed by atoms with van der Waals surface area (Å²) >= 11 is 23.9. The van der Waals surface area contributed by atoms with Gasteiger partial charge in [-0.25, -0.2) is 35.6 Å². The van der Waals surface area contributed by atoms with Gasteiger partial charge in [0.2, 0.25) is 15.8 Å². The maximum absolute atomic E-state index is 13.2. The van der Waals surface area contributed by atoms with Gasteiger partial charge in [0.05, 0.1) is 87.7 Å². The van der Waals surface area contributed by atoms with Crippen LogP contribution in [0, 0.1) is 23.0 Å². The number of para-hydroxylation sites is 1. The van der Waals surface area contributed by atoms with Crippen molar-refractivity contribution in [3.05, 3.63) is 224 Å². The number of sulfonamides is 2. The number of phenols is 1.